The normalized spacial score (nSPS) is 10.6. The number of pyridine rings is 1. The summed E-state index contributed by atoms with van der Waals surface area (Å²) in [5.41, 5.74) is 0.907. The molecule has 1 aromatic carbocycles. The number of nitrogens with one attached hydrogen (secondary N) is 1. The summed E-state index contributed by atoms with van der Waals surface area (Å²) in [7, 11) is 0. The maximum Gasteiger partial charge on any atom is 0.345 e. The minimum Gasteiger partial charge on any atom is -0.423 e. The van der Waals surface area contributed by atoms with Crippen molar-refractivity contribution in [1.82, 2.24) is 15.2 Å². The Morgan fingerprint density at radius 1 is 1.26 bits per heavy atom. The van der Waals surface area contributed by atoms with E-state index in [1.165, 1.54) is 30.6 Å². The number of aromatic amines is 1. The van der Waals surface area contributed by atoms with Crippen molar-refractivity contribution in [3.63, 3.8) is 0 Å². The van der Waals surface area contributed by atoms with Gasteiger partial charge in [-0.2, -0.15) is 5.10 Å². The van der Waals surface area contributed by atoms with Gasteiger partial charge in [-0.15, -0.1) is 0 Å². The van der Waals surface area contributed by atoms with Gasteiger partial charge in [0.15, 0.2) is 0 Å². The number of halogens is 1. The molecule has 6 heteroatoms. The van der Waals surface area contributed by atoms with E-state index >= 15 is 0 Å². The van der Waals surface area contributed by atoms with Crippen LogP contribution < -0.4 is 4.74 Å². The number of fused-ring (bicyclic) bond motifs is 1. The molecule has 3 aromatic rings. The molecule has 0 bridgehead atoms. The van der Waals surface area contributed by atoms with Crippen LogP contribution in [0.1, 0.15) is 10.4 Å². The molecule has 0 aliphatic rings. The van der Waals surface area contributed by atoms with Crippen LogP contribution in [0.15, 0.2) is 42.9 Å². The second kappa shape index (κ2) is 4.49. The highest BCUT2D eigenvalue weighted by atomic mass is 19.1. The Morgan fingerprint density at radius 2 is 2.16 bits per heavy atom. The largest absolute Gasteiger partial charge is 0.423 e. The predicted octanol–water partition coefficient (Wildman–Crippen LogP) is 2.32. The molecule has 0 aliphatic heterocycles. The zero-order valence-corrected chi connectivity index (χ0v) is 9.63. The number of hydrogen-bond donors (Lipinski definition) is 1. The van der Waals surface area contributed by atoms with Crippen molar-refractivity contribution in [1.29, 1.82) is 0 Å². The Labute approximate surface area is 107 Å². The van der Waals surface area contributed by atoms with Crippen molar-refractivity contribution < 1.29 is 13.9 Å². The van der Waals surface area contributed by atoms with Crippen molar-refractivity contribution in [3.8, 4) is 5.75 Å². The highest BCUT2D eigenvalue weighted by Gasteiger charge is 2.14. The maximum atomic E-state index is 13.0. The first-order valence-corrected chi connectivity index (χ1v) is 5.49. The summed E-state index contributed by atoms with van der Waals surface area (Å²) in [4.78, 5) is 15.9. The van der Waals surface area contributed by atoms with E-state index in [2.05, 4.69) is 15.2 Å². The summed E-state index contributed by atoms with van der Waals surface area (Å²) in [6.45, 7) is 0. The quantitative estimate of drug-likeness (QED) is 0.565. The summed E-state index contributed by atoms with van der Waals surface area (Å²) in [6, 6.07) is 5.38. The summed E-state index contributed by atoms with van der Waals surface area (Å²) in [6.07, 6.45) is 4.46. The van der Waals surface area contributed by atoms with Gasteiger partial charge in [0.2, 0.25) is 0 Å². The minimum atomic E-state index is -0.606. The molecule has 1 N–H and O–H groups in total. The summed E-state index contributed by atoms with van der Waals surface area (Å²) >= 11 is 0. The van der Waals surface area contributed by atoms with Gasteiger partial charge in [-0.3, -0.25) is 10.1 Å². The van der Waals surface area contributed by atoms with E-state index in [0.717, 1.165) is 6.07 Å². The fraction of sp³-hybridized carbons (Fsp3) is 0. The lowest BCUT2D eigenvalue weighted by molar-refractivity contribution is 0.0736. The third kappa shape index (κ3) is 2.15. The Morgan fingerprint density at radius 3 is 3.00 bits per heavy atom. The molecule has 0 radical (unpaired) electrons. The fourth-order valence-electron chi connectivity index (χ4n) is 1.72. The van der Waals surface area contributed by atoms with Crippen LogP contribution >= 0.6 is 0 Å². The van der Waals surface area contributed by atoms with Gasteiger partial charge in [-0.05, 0) is 12.1 Å². The lowest BCUT2D eigenvalue weighted by Gasteiger charge is -2.04. The first-order valence-electron chi connectivity index (χ1n) is 5.49. The van der Waals surface area contributed by atoms with Crippen LogP contribution in [0.3, 0.4) is 0 Å². The molecule has 0 saturated heterocycles. The molecule has 0 saturated carbocycles. The van der Waals surface area contributed by atoms with Gasteiger partial charge in [0, 0.05) is 17.6 Å². The monoisotopic (exact) mass is 257 g/mol. The van der Waals surface area contributed by atoms with E-state index < -0.39 is 11.8 Å². The number of carbonyl (C=O) groups is 1. The number of H-pyrrole nitrogens is 1. The van der Waals surface area contributed by atoms with Gasteiger partial charge in [-0.25, -0.2) is 9.18 Å². The molecule has 5 nitrogen and oxygen atoms in total. The second-order valence-corrected chi connectivity index (χ2v) is 3.87. The van der Waals surface area contributed by atoms with Crippen LogP contribution in [0.4, 0.5) is 4.39 Å². The minimum absolute atomic E-state index is 0.144. The lowest BCUT2D eigenvalue weighted by Crippen LogP contribution is -2.09. The molecule has 0 amide bonds. The number of rotatable bonds is 2. The van der Waals surface area contributed by atoms with Crippen molar-refractivity contribution >= 4 is 16.9 Å². The summed E-state index contributed by atoms with van der Waals surface area (Å²) in [5, 5.41) is 7.15. The summed E-state index contributed by atoms with van der Waals surface area (Å²) < 4.78 is 18.1. The molecule has 3 rings (SSSR count). The van der Waals surface area contributed by atoms with E-state index in [0.29, 0.717) is 10.9 Å². The first kappa shape index (κ1) is 11.3. The third-order valence-corrected chi connectivity index (χ3v) is 2.59. The molecular weight excluding hydrogens is 249 g/mol. The van der Waals surface area contributed by atoms with E-state index in [1.807, 2.05) is 0 Å². The van der Waals surface area contributed by atoms with Crippen molar-refractivity contribution in [2.24, 2.45) is 0 Å². The second-order valence-electron chi connectivity index (χ2n) is 3.87. The average molecular weight is 257 g/mol. The molecule has 2 heterocycles. The highest BCUT2D eigenvalue weighted by molar-refractivity contribution is 6.03. The maximum absolute atomic E-state index is 13.0. The van der Waals surface area contributed by atoms with Gasteiger partial charge >= 0.3 is 5.97 Å². The number of ether oxygens (including phenoxy) is 1. The molecule has 19 heavy (non-hydrogen) atoms. The number of benzene rings is 1. The van der Waals surface area contributed by atoms with E-state index in [9.17, 15) is 9.18 Å². The number of aromatic nitrogens is 3. The fourth-order valence-corrected chi connectivity index (χ4v) is 1.72. The number of hydrogen-bond acceptors (Lipinski definition) is 4. The molecule has 0 fully saturated rings. The van der Waals surface area contributed by atoms with Crippen LogP contribution in [-0.2, 0) is 0 Å². The average Bonchev–Trinajstić information content (AvgIpc) is 2.86. The molecule has 0 aliphatic carbocycles. The lowest BCUT2D eigenvalue weighted by atomic mass is 10.2. The molecular formula is C13H8FN3O2. The van der Waals surface area contributed by atoms with Gasteiger partial charge in [0.1, 0.15) is 11.6 Å². The van der Waals surface area contributed by atoms with E-state index in [4.69, 9.17) is 4.74 Å². The van der Waals surface area contributed by atoms with Gasteiger partial charge in [0.25, 0.3) is 0 Å². The van der Waals surface area contributed by atoms with E-state index in [-0.39, 0.29) is 11.3 Å². The molecule has 2 aromatic heterocycles. The highest BCUT2D eigenvalue weighted by Crippen LogP contribution is 2.18. The zero-order valence-electron chi connectivity index (χ0n) is 9.63. The Kier molecular flexibility index (Phi) is 2.68. The predicted molar refractivity (Wildman–Crippen MR) is 65.2 cm³/mol. The molecule has 0 spiro atoms. The van der Waals surface area contributed by atoms with Crippen LogP contribution in [0, 0.1) is 5.82 Å². The smallest absolute Gasteiger partial charge is 0.345 e. The summed E-state index contributed by atoms with van der Waals surface area (Å²) in [5.74, 6) is -0.930. The topological polar surface area (TPSA) is 67.9 Å². The Balaban J connectivity index is 1.94. The number of nitrogens with zero attached hydrogens (tertiary/aromatic N) is 2. The van der Waals surface area contributed by atoms with Crippen molar-refractivity contribution in [3.05, 3.63) is 54.2 Å². The van der Waals surface area contributed by atoms with Gasteiger partial charge in [0.05, 0.1) is 23.5 Å². The van der Waals surface area contributed by atoms with Crippen LogP contribution in [0.5, 0.6) is 5.75 Å². The van der Waals surface area contributed by atoms with Crippen LogP contribution in [0.2, 0.25) is 0 Å². The molecule has 0 unspecified atom stereocenters. The standard InChI is InChI=1S/C13H8FN3O2/c14-8-2-1-3-9(4-8)19-13(18)11-5-15-7-12-10(11)6-16-17-12/h1-7H,(H,16,17). The third-order valence-electron chi connectivity index (χ3n) is 2.59. The zero-order chi connectivity index (χ0) is 13.2. The number of carbonyl (C=O) groups excluding carboxylic acids is 1. The van der Waals surface area contributed by atoms with Crippen molar-refractivity contribution in [2.75, 3.05) is 0 Å². The van der Waals surface area contributed by atoms with Crippen molar-refractivity contribution in [2.45, 2.75) is 0 Å². The SMILES string of the molecule is O=C(Oc1cccc(F)c1)c1cncc2[nH]ncc12. The molecule has 0 atom stereocenters. The van der Waals surface area contributed by atoms with Gasteiger partial charge < -0.3 is 4.74 Å². The van der Waals surface area contributed by atoms with Crippen LogP contribution in [-0.4, -0.2) is 21.2 Å². The van der Waals surface area contributed by atoms with Gasteiger partial charge in [-0.1, -0.05) is 6.07 Å². The molecule has 94 valence electrons. The van der Waals surface area contributed by atoms with Crippen LogP contribution in [0.25, 0.3) is 10.9 Å². The van der Waals surface area contributed by atoms with E-state index in [1.54, 1.807) is 6.20 Å². The Hall–Kier alpha value is -2.76. The Bertz CT molecular complexity index is 754. The number of esters is 1. The first-order chi connectivity index (χ1) is 9.24.